The van der Waals surface area contributed by atoms with Crippen LogP contribution in [0.2, 0.25) is 0 Å². The first-order valence-electron chi connectivity index (χ1n) is 9.38. The fourth-order valence-electron chi connectivity index (χ4n) is 3.05. The molecule has 152 valence electrons. The first kappa shape index (κ1) is 21.1. The van der Waals surface area contributed by atoms with E-state index in [1.165, 1.54) is 18.9 Å². The number of rotatable bonds is 8. The van der Waals surface area contributed by atoms with Crippen LogP contribution in [0, 0.1) is 0 Å². The van der Waals surface area contributed by atoms with Gasteiger partial charge in [0.15, 0.2) is 5.16 Å². The molecule has 29 heavy (non-hydrogen) atoms. The van der Waals surface area contributed by atoms with Gasteiger partial charge in [0.05, 0.1) is 23.6 Å². The molecular formula is C22H24N2O4S. The first-order valence-corrected chi connectivity index (χ1v) is 10.3. The van der Waals surface area contributed by atoms with Crippen LogP contribution in [0.1, 0.15) is 34.5 Å². The van der Waals surface area contributed by atoms with Gasteiger partial charge in [0.25, 0.3) is 5.56 Å². The second kappa shape index (κ2) is 9.71. The van der Waals surface area contributed by atoms with Gasteiger partial charge in [0, 0.05) is 25.5 Å². The minimum atomic E-state index is -0.454. The molecule has 6 nitrogen and oxygen atoms in total. The van der Waals surface area contributed by atoms with Crippen molar-refractivity contribution in [2.24, 2.45) is 0 Å². The molecule has 3 aromatic rings. The van der Waals surface area contributed by atoms with Crippen LogP contribution in [0.3, 0.4) is 0 Å². The highest BCUT2D eigenvalue weighted by molar-refractivity contribution is 7.99. The molecule has 1 atom stereocenters. The Hall–Kier alpha value is -2.64. The fraction of sp³-hybridized carbons (Fsp3) is 0.318. The van der Waals surface area contributed by atoms with Crippen molar-refractivity contribution in [2.75, 3.05) is 20.8 Å². The molecule has 0 N–H and O–H groups in total. The molecule has 3 rings (SSSR count). The Morgan fingerprint density at radius 2 is 1.93 bits per heavy atom. The number of hydrogen-bond donors (Lipinski definition) is 0. The predicted octanol–water partition coefficient (Wildman–Crippen LogP) is 4.07. The van der Waals surface area contributed by atoms with Crippen molar-refractivity contribution in [2.45, 2.75) is 30.3 Å². The summed E-state index contributed by atoms with van der Waals surface area (Å²) in [5, 5.41) is 1.21. The quantitative estimate of drug-likeness (QED) is 0.240. The second-order valence-electron chi connectivity index (χ2n) is 6.59. The molecule has 2 aromatic carbocycles. The van der Waals surface area contributed by atoms with Crippen molar-refractivity contribution in [1.82, 2.24) is 9.55 Å². The maximum Gasteiger partial charge on any atom is 0.337 e. The molecule has 0 spiro atoms. The van der Waals surface area contributed by atoms with Gasteiger partial charge in [0.2, 0.25) is 0 Å². The number of fused-ring (bicyclic) bond motifs is 1. The zero-order valence-electron chi connectivity index (χ0n) is 16.8. The molecule has 0 saturated heterocycles. The molecule has 0 bridgehead atoms. The largest absolute Gasteiger partial charge is 0.465 e. The van der Waals surface area contributed by atoms with Crippen molar-refractivity contribution < 1.29 is 14.3 Å². The average molecular weight is 413 g/mol. The van der Waals surface area contributed by atoms with E-state index in [1.54, 1.807) is 29.9 Å². The minimum Gasteiger partial charge on any atom is -0.465 e. The van der Waals surface area contributed by atoms with Crippen molar-refractivity contribution in [3.05, 3.63) is 70.0 Å². The van der Waals surface area contributed by atoms with Gasteiger partial charge in [-0.2, -0.15) is 0 Å². The normalized spacial score (nSPS) is 12.1. The summed E-state index contributed by atoms with van der Waals surface area (Å²) in [6.07, 6.45) is 0.705. The molecular weight excluding hydrogens is 388 g/mol. The lowest BCUT2D eigenvalue weighted by atomic mass is 10.1. The third kappa shape index (κ3) is 4.86. The highest BCUT2D eigenvalue weighted by Crippen LogP contribution is 2.33. The highest BCUT2D eigenvalue weighted by atomic mass is 32.2. The summed E-state index contributed by atoms with van der Waals surface area (Å²) >= 11 is 1.53. The lowest BCUT2D eigenvalue weighted by Crippen LogP contribution is -2.24. The first-order chi connectivity index (χ1) is 14.0. The SMILES string of the molecule is COCCCn1c(S[C@@H](C)c2ccccc2)nc2cc(C(=O)OC)ccc2c1=O. The van der Waals surface area contributed by atoms with Gasteiger partial charge in [0.1, 0.15) is 0 Å². The van der Waals surface area contributed by atoms with Crippen LogP contribution in [-0.4, -0.2) is 36.3 Å². The van der Waals surface area contributed by atoms with Crippen LogP contribution in [0.5, 0.6) is 0 Å². The molecule has 0 radical (unpaired) electrons. The number of carbonyl (C=O) groups is 1. The lowest BCUT2D eigenvalue weighted by Gasteiger charge is -2.17. The number of methoxy groups -OCH3 is 2. The van der Waals surface area contributed by atoms with Gasteiger partial charge in [-0.15, -0.1) is 0 Å². The summed E-state index contributed by atoms with van der Waals surface area (Å²) in [4.78, 5) is 29.8. The number of carbonyl (C=O) groups excluding carboxylic acids is 1. The highest BCUT2D eigenvalue weighted by Gasteiger charge is 2.17. The van der Waals surface area contributed by atoms with Crippen LogP contribution >= 0.6 is 11.8 Å². The maximum atomic E-state index is 13.2. The van der Waals surface area contributed by atoms with Gasteiger partial charge < -0.3 is 9.47 Å². The van der Waals surface area contributed by atoms with Crippen molar-refractivity contribution in [3.8, 4) is 0 Å². The zero-order valence-corrected chi connectivity index (χ0v) is 17.6. The van der Waals surface area contributed by atoms with Gasteiger partial charge in [-0.25, -0.2) is 9.78 Å². The molecule has 0 aliphatic rings. The van der Waals surface area contributed by atoms with Crippen LogP contribution in [-0.2, 0) is 16.0 Å². The lowest BCUT2D eigenvalue weighted by molar-refractivity contribution is 0.0601. The molecule has 0 aliphatic carbocycles. The number of ether oxygens (including phenoxy) is 2. The Kier molecular flexibility index (Phi) is 7.06. The Balaban J connectivity index is 2.06. The van der Waals surface area contributed by atoms with E-state index in [0.717, 1.165) is 5.56 Å². The van der Waals surface area contributed by atoms with Gasteiger partial charge in [-0.1, -0.05) is 42.1 Å². The van der Waals surface area contributed by atoms with E-state index in [-0.39, 0.29) is 10.8 Å². The summed E-state index contributed by atoms with van der Waals surface area (Å²) < 4.78 is 11.6. The molecule has 0 saturated carbocycles. The third-order valence-corrected chi connectivity index (χ3v) is 5.77. The second-order valence-corrected chi connectivity index (χ2v) is 7.90. The summed E-state index contributed by atoms with van der Waals surface area (Å²) in [5.41, 5.74) is 1.89. The zero-order chi connectivity index (χ0) is 20.8. The van der Waals surface area contributed by atoms with Crippen molar-refractivity contribution >= 4 is 28.6 Å². The van der Waals surface area contributed by atoms with Gasteiger partial charge >= 0.3 is 5.97 Å². The molecule has 0 fully saturated rings. The van der Waals surface area contributed by atoms with E-state index in [4.69, 9.17) is 14.5 Å². The molecule has 7 heteroatoms. The maximum absolute atomic E-state index is 13.2. The van der Waals surface area contributed by atoms with Crippen LogP contribution in [0.15, 0.2) is 58.5 Å². The van der Waals surface area contributed by atoms with Crippen molar-refractivity contribution in [3.63, 3.8) is 0 Å². The molecule has 1 heterocycles. The number of thioether (sulfide) groups is 1. The number of esters is 1. The van der Waals surface area contributed by atoms with Crippen LogP contribution in [0.4, 0.5) is 0 Å². The van der Waals surface area contributed by atoms with Gasteiger partial charge in [-0.05, 0) is 37.1 Å². The number of benzene rings is 2. The average Bonchev–Trinajstić information content (AvgIpc) is 2.75. The molecule has 1 aromatic heterocycles. The van der Waals surface area contributed by atoms with Crippen molar-refractivity contribution in [1.29, 1.82) is 0 Å². The summed E-state index contributed by atoms with van der Waals surface area (Å²) in [7, 11) is 2.97. The monoisotopic (exact) mass is 412 g/mol. The molecule has 0 amide bonds. The van der Waals surface area contributed by atoms with E-state index in [2.05, 4.69) is 19.1 Å². The Morgan fingerprint density at radius 1 is 1.17 bits per heavy atom. The predicted molar refractivity (Wildman–Crippen MR) is 115 cm³/mol. The van der Waals surface area contributed by atoms with E-state index in [9.17, 15) is 9.59 Å². The number of hydrogen-bond acceptors (Lipinski definition) is 6. The third-order valence-electron chi connectivity index (χ3n) is 4.62. The topological polar surface area (TPSA) is 70.4 Å². The molecule has 0 aliphatic heterocycles. The van der Waals surface area contributed by atoms with E-state index in [1.807, 2.05) is 18.2 Å². The summed E-state index contributed by atoms with van der Waals surface area (Å²) in [5.74, 6) is -0.454. The fourth-order valence-corrected chi connectivity index (χ4v) is 4.11. The Labute approximate surface area is 173 Å². The Morgan fingerprint density at radius 3 is 2.62 bits per heavy atom. The van der Waals surface area contributed by atoms with E-state index in [0.29, 0.717) is 41.2 Å². The smallest absolute Gasteiger partial charge is 0.337 e. The van der Waals surface area contributed by atoms with E-state index >= 15 is 0 Å². The van der Waals surface area contributed by atoms with Gasteiger partial charge in [-0.3, -0.25) is 9.36 Å². The minimum absolute atomic E-state index is 0.109. The molecule has 0 unspecified atom stereocenters. The number of aromatic nitrogens is 2. The number of nitrogens with zero attached hydrogens (tertiary/aromatic N) is 2. The summed E-state index contributed by atoms with van der Waals surface area (Å²) in [6.45, 7) is 3.16. The Bertz CT molecular complexity index is 1050. The van der Waals surface area contributed by atoms with Crippen LogP contribution in [0.25, 0.3) is 10.9 Å². The van der Waals surface area contributed by atoms with E-state index < -0.39 is 5.97 Å². The summed E-state index contributed by atoms with van der Waals surface area (Å²) in [6, 6.07) is 14.9. The standard InChI is InChI=1S/C22H24N2O4S/c1-15(16-8-5-4-6-9-16)29-22-23-19-14-17(21(26)28-3)10-11-18(19)20(25)24(22)12-7-13-27-2/h4-6,8-11,14-15H,7,12-13H2,1-3H3/t15-/m0/s1. The van der Waals surface area contributed by atoms with Crippen LogP contribution < -0.4 is 5.56 Å².